The molecular weight excluding hydrogens is 202 g/mol. The van der Waals surface area contributed by atoms with Gasteiger partial charge in [0.1, 0.15) is 0 Å². The van der Waals surface area contributed by atoms with Crippen LogP contribution in [0.1, 0.15) is 30.6 Å². The number of carboxylic acid groups (broad SMARTS) is 1. The van der Waals surface area contributed by atoms with E-state index in [-0.39, 0.29) is 0 Å². The molecule has 1 aliphatic heterocycles. The summed E-state index contributed by atoms with van der Waals surface area (Å²) in [4.78, 5) is 13.1. The van der Waals surface area contributed by atoms with Crippen LogP contribution >= 0.6 is 0 Å². The molecule has 86 valence electrons. The molecule has 1 N–H and O–H groups in total. The normalized spacial score (nSPS) is 24.8. The Morgan fingerprint density at radius 1 is 1.31 bits per heavy atom. The molecule has 0 saturated carbocycles. The molecule has 2 atom stereocenters. The van der Waals surface area contributed by atoms with Gasteiger partial charge in [-0.15, -0.1) is 0 Å². The van der Waals surface area contributed by atoms with Crippen molar-refractivity contribution < 1.29 is 9.90 Å². The summed E-state index contributed by atoms with van der Waals surface area (Å²) in [6, 6.07) is 7.70. The maximum atomic E-state index is 10.7. The summed E-state index contributed by atoms with van der Waals surface area (Å²) in [5.41, 5.74) is 1.48. The van der Waals surface area contributed by atoms with E-state index in [9.17, 15) is 4.79 Å². The molecule has 1 aliphatic rings. The maximum Gasteiger partial charge on any atom is 0.335 e. The van der Waals surface area contributed by atoms with Gasteiger partial charge in [-0.05, 0) is 43.5 Å². The van der Waals surface area contributed by atoms with Gasteiger partial charge in [0.15, 0.2) is 0 Å². The van der Waals surface area contributed by atoms with E-state index in [4.69, 9.17) is 5.11 Å². The zero-order chi connectivity index (χ0) is 11.7. The molecule has 1 aromatic rings. The summed E-state index contributed by atoms with van der Waals surface area (Å²) >= 11 is 0. The fraction of sp³-hybridized carbons (Fsp3) is 0.462. The van der Waals surface area contributed by atoms with Crippen LogP contribution < -0.4 is 4.90 Å². The first-order valence-electron chi connectivity index (χ1n) is 5.68. The van der Waals surface area contributed by atoms with Crippen LogP contribution in [0.3, 0.4) is 0 Å². The summed E-state index contributed by atoms with van der Waals surface area (Å²) in [5.74, 6) is -0.150. The van der Waals surface area contributed by atoms with Crippen molar-refractivity contribution in [1.82, 2.24) is 0 Å². The molecule has 1 saturated heterocycles. The van der Waals surface area contributed by atoms with Crippen LogP contribution in [0.15, 0.2) is 24.3 Å². The highest BCUT2D eigenvalue weighted by atomic mass is 16.4. The monoisotopic (exact) mass is 219 g/mol. The van der Waals surface area contributed by atoms with Crippen LogP contribution in [0.5, 0.6) is 0 Å². The summed E-state index contributed by atoms with van der Waals surface area (Å²) in [7, 11) is 0. The highest BCUT2D eigenvalue weighted by Gasteiger charge is 2.26. The van der Waals surface area contributed by atoms with Gasteiger partial charge in [0.05, 0.1) is 5.56 Å². The summed E-state index contributed by atoms with van der Waals surface area (Å²) in [6.45, 7) is 5.53. The van der Waals surface area contributed by atoms with Crippen molar-refractivity contribution >= 4 is 11.7 Å². The van der Waals surface area contributed by atoms with Crippen LogP contribution in [-0.2, 0) is 0 Å². The molecule has 0 amide bonds. The third-order valence-electron chi connectivity index (χ3n) is 3.23. The van der Waals surface area contributed by atoms with Gasteiger partial charge in [-0.25, -0.2) is 4.79 Å². The lowest BCUT2D eigenvalue weighted by atomic mass is 10.1. The first kappa shape index (κ1) is 11.0. The standard InChI is InChI=1S/C13H17NO2/c1-9-7-10(2)14(8-9)12-5-3-11(4-6-12)13(15)16/h3-6,9-10H,7-8H2,1-2H3,(H,15,16). The fourth-order valence-electron chi connectivity index (χ4n) is 2.46. The Hall–Kier alpha value is -1.51. The van der Waals surface area contributed by atoms with Crippen molar-refractivity contribution in [3.8, 4) is 0 Å². The predicted molar refractivity (Wildman–Crippen MR) is 64.0 cm³/mol. The number of hydrogen-bond donors (Lipinski definition) is 1. The van der Waals surface area contributed by atoms with E-state index in [1.807, 2.05) is 12.1 Å². The quantitative estimate of drug-likeness (QED) is 0.831. The van der Waals surface area contributed by atoms with Crippen LogP contribution in [0.25, 0.3) is 0 Å². The molecule has 1 heterocycles. The summed E-state index contributed by atoms with van der Waals surface area (Å²) < 4.78 is 0. The van der Waals surface area contributed by atoms with Gasteiger partial charge < -0.3 is 10.0 Å². The van der Waals surface area contributed by atoms with Gasteiger partial charge in [-0.1, -0.05) is 6.92 Å². The van der Waals surface area contributed by atoms with Crippen LogP contribution in [-0.4, -0.2) is 23.7 Å². The highest BCUT2D eigenvalue weighted by molar-refractivity contribution is 5.88. The molecule has 2 rings (SSSR count). The van der Waals surface area contributed by atoms with E-state index in [0.29, 0.717) is 17.5 Å². The molecule has 1 fully saturated rings. The Morgan fingerprint density at radius 3 is 2.38 bits per heavy atom. The Kier molecular flexibility index (Phi) is 2.86. The van der Waals surface area contributed by atoms with Crippen molar-refractivity contribution in [2.75, 3.05) is 11.4 Å². The van der Waals surface area contributed by atoms with Gasteiger partial charge in [-0.3, -0.25) is 0 Å². The fourth-order valence-corrected chi connectivity index (χ4v) is 2.46. The van der Waals surface area contributed by atoms with Gasteiger partial charge in [0.25, 0.3) is 0 Å². The minimum Gasteiger partial charge on any atom is -0.478 e. The molecule has 16 heavy (non-hydrogen) atoms. The van der Waals surface area contributed by atoms with Gasteiger partial charge >= 0.3 is 5.97 Å². The van der Waals surface area contributed by atoms with Gasteiger partial charge in [0.2, 0.25) is 0 Å². The second-order valence-electron chi connectivity index (χ2n) is 4.69. The molecule has 0 aliphatic carbocycles. The summed E-state index contributed by atoms with van der Waals surface area (Å²) in [6.07, 6.45) is 1.21. The number of carbonyl (C=O) groups is 1. The number of carboxylic acids is 1. The molecule has 1 aromatic carbocycles. The smallest absolute Gasteiger partial charge is 0.335 e. The zero-order valence-electron chi connectivity index (χ0n) is 9.68. The molecule has 2 unspecified atom stereocenters. The average molecular weight is 219 g/mol. The number of benzene rings is 1. The second kappa shape index (κ2) is 4.16. The van der Waals surface area contributed by atoms with Crippen molar-refractivity contribution in [3.63, 3.8) is 0 Å². The lowest BCUT2D eigenvalue weighted by Crippen LogP contribution is -2.26. The largest absolute Gasteiger partial charge is 0.478 e. The summed E-state index contributed by atoms with van der Waals surface area (Å²) in [5, 5.41) is 8.82. The molecule has 0 aromatic heterocycles. The molecule has 3 heteroatoms. The number of nitrogens with zero attached hydrogens (tertiary/aromatic N) is 1. The number of anilines is 1. The lowest BCUT2D eigenvalue weighted by molar-refractivity contribution is 0.0697. The number of hydrogen-bond acceptors (Lipinski definition) is 2. The van der Waals surface area contributed by atoms with Gasteiger partial charge in [-0.2, -0.15) is 0 Å². The second-order valence-corrected chi connectivity index (χ2v) is 4.69. The maximum absolute atomic E-state index is 10.7. The Bertz CT molecular complexity index is 385. The third kappa shape index (κ3) is 2.03. The van der Waals surface area contributed by atoms with E-state index in [2.05, 4.69) is 18.7 Å². The zero-order valence-corrected chi connectivity index (χ0v) is 9.68. The van der Waals surface area contributed by atoms with E-state index in [0.717, 1.165) is 12.2 Å². The Balaban J connectivity index is 2.19. The first-order chi connectivity index (χ1) is 7.58. The minimum absolute atomic E-state index is 0.351. The molecule has 3 nitrogen and oxygen atoms in total. The van der Waals surface area contributed by atoms with E-state index in [1.54, 1.807) is 12.1 Å². The highest BCUT2D eigenvalue weighted by Crippen LogP contribution is 2.28. The number of rotatable bonds is 2. The minimum atomic E-state index is -0.866. The van der Waals surface area contributed by atoms with Crippen molar-refractivity contribution in [3.05, 3.63) is 29.8 Å². The first-order valence-corrected chi connectivity index (χ1v) is 5.68. The van der Waals surface area contributed by atoms with E-state index >= 15 is 0 Å². The van der Waals surface area contributed by atoms with Crippen LogP contribution in [0.2, 0.25) is 0 Å². The van der Waals surface area contributed by atoms with Crippen molar-refractivity contribution in [1.29, 1.82) is 0 Å². The third-order valence-corrected chi connectivity index (χ3v) is 3.23. The van der Waals surface area contributed by atoms with Crippen LogP contribution in [0.4, 0.5) is 5.69 Å². The Labute approximate surface area is 95.7 Å². The number of aromatic carboxylic acids is 1. The van der Waals surface area contributed by atoms with E-state index < -0.39 is 5.97 Å². The van der Waals surface area contributed by atoms with E-state index in [1.165, 1.54) is 6.42 Å². The predicted octanol–water partition coefficient (Wildman–Crippen LogP) is 2.62. The van der Waals surface area contributed by atoms with Gasteiger partial charge in [0, 0.05) is 18.3 Å². The van der Waals surface area contributed by atoms with Crippen LogP contribution in [0, 0.1) is 5.92 Å². The average Bonchev–Trinajstić information content (AvgIpc) is 2.58. The lowest BCUT2D eigenvalue weighted by Gasteiger charge is -2.23. The SMILES string of the molecule is CC1CC(C)N(c2ccc(C(=O)O)cc2)C1. The topological polar surface area (TPSA) is 40.5 Å². The molecule has 0 radical (unpaired) electrons. The Morgan fingerprint density at radius 2 is 1.94 bits per heavy atom. The molecule has 0 spiro atoms. The molecular formula is C13H17NO2. The molecule has 0 bridgehead atoms. The van der Waals surface area contributed by atoms with Crippen molar-refractivity contribution in [2.45, 2.75) is 26.3 Å². The van der Waals surface area contributed by atoms with Crippen molar-refractivity contribution in [2.24, 2.45) is 5.92 Å².